The van der Waals surface area contributed by atoms with E-state index in [0.717, 1.165) is 32.6 Å². The molecule has 1 fully saturated rings. The van der Waals surface area contributed by atoms with Gasteiger partial charge >= 0.3 is 0 Å². The summed E-state index contributed by atoms with van der Waals surface area (Å²) in [7, 11) is 1.44. The van der Waals surface area contributed by atoms with E-state index in [9.17, 15) is 10.1 Å². The quantitative estimate of drug-likeness (QED) is 0.458. The van der Waals surface area contributed by atoms with Crippen LogP contribution in [0, 0.1) is 21.4 Å². The van der Waals surface area contributed by atoms with Crippen molar-refractivity contribution >= 4 is 5.69 Å². The summed E-state index contributed by atoms with van der Waals surface area (Å²) in [4.78, 5) is 12.8. The maximum atomic E-state index is 11.0. The molecule has 1 saturated heterocycles. The lowest BCUT2D eigenvalue weighted by Gasteiger charge is -2.31. The molecule has 1 unspecified atom stereocenters. The number of benzene rings is 1. The first-order valence-electron chi connectivity index (χ1n) is 7.90. The fraction of sp³-hybridized carbons (Fsp3) is 0.562. The highest BCUT2D eigenvalue weighted by molar-refractivity contribution is 5.58. The minimum Gasteiger partial charge on any atom is -0.493 e. The molecule has 1 atom stereocenters. The number of nitrogens with one attached hydrogen (secondary N) is 1. The van der Waals surface area contributed by atoms with Gasteiger partial charge in [-0.25, -0.2) is 0 Å². The van der Waals surface area contributed by atoms with E-state index in [1.54, 1.807) is 6.07 Å². The third-order valence-corrected chi connectivity index (χ3v) is 3.93. The Labute approximate surface area is 141 Å². The van der Waals surface area contributed by atoms with Crippen LogP contribution in [0.3, 0.4) is 0 Å². The van der Waals surface area contributed by atoms with Gasteiger partial charge in [-0.15, -0.1) is 0 Å². The van der Waals surface area contributed by atoms with Crippen molar-refractivity contribution in [3.63, 3.8) is 0 Å². The lowest BCUT2D eigenvalue weighted by Crippen LogP contribution is -2.49. The minimum atomic E-state index is -0.590. The fourth-order valence-electron chi connectivity index (χ4n) is 2.75. The van der Waals surface area contributed by atoms with Crippen LogP contribution >= 0.6 is 0 Å². The van der Waals surface area contributed by atoms with Gasteiger partial charge in [0.2, 0.25) is 0 Å². The Balaban J connectivity index is 1.95. The molecule has 1 aliphatic heterocycles. The van der Waals surface area contributed by atoms with Gasteiger partial charge in [0.05, 0.1) is 24.7 Å². The third kappa shape index (κ3) is 4.57. The first kappa shape index (κ1) is 18.0. The fourth-order valence-corrected chi connectivity index (χ4v) is 2.75. The summed E-state index contributed by atoms with van der Waals surface area (Å²) in [6.45, 7) is 6.49. The van der Waals surface area contributed by atoms with Crippen LogP contribution in [0.5, 0.6) is 11.5 Å². The SMILES string of the molecule is COc1cc(C#N)c([N+](=O)[O-])cc1OCCCN1CCNC(C)C1. The second-order valence-electron chi connectivity index (χ2n) is 5.75. The van der Waals surface area contributed by atoms with Crippen molar-refractivity contribution in [3.05, 3.63) is 27.8 Å². The Morgan fingerprint density at radius 1 is 1.50 bits per heavy atom. The maximum absolute atomic E-state index is 11.0. The molecular weight excluding hydrogens is 312 g/mol. The predicted molar refractivity (Wildman–Crippen MR) is 88.4 cm³/mol. The standard InChI is InChI=1S/C16H22N4O4/c1-12-11-19(6-4-18-12)5-3-7-24-16-9-14(20(21)22)13(10-17)8-15(16)23-2/h8-9,12,18H,3-7,11H2,1-2H3. The van der Waals surface area contributed by atoms with Crippen molar-refractivity contribution in [2.24, 2.45) is 0 Å². The average Bonchev–Trinajstić information content (AvgIpc) is 2.58. The van der Waals surface area contributed by atoms with E-state index in [-0.39, 0.29) is 17.0 Å². The van der Waals surface area contributed by atoms with Crippen molar-refractivity contribution in [1.82, 2.24) is 10.2 Å². The zero-order valence-electron chi connectivity index (χ0n) is 13.9. The van der Waals surface area contributed by atoms with E-state index >= 15 is 0 Å². The number of piperazine rings is 1. The monoisotopic (exact) mass is 334 g/mol. The minimum absolute atomic E-state index is 0.0426. The van der Waals surface area contributed by atoms with Gasteiger partial charge in [-0.05, 0) is 13.3 Å². The number of nitriles is 1. The highest BCUT2D eigenvalue weighted by atomic mass is 16.6. The van der Waals surface area contributed by atoms with E-state index in [1.807, 2.05) is 0 Å². The van der Waals surface area contributed by atoms with Gasteiger partial charge in [0.1, 0.15) is 11.6 Å². The topological polar surface area (TPSA) is 101 Å². The predicted octanol–water partition coefficient (Wildman–Crippen LogP) is 1.54. The molecule has 1 aliphatic rings. The molecule has 0 aromatic heterocycles. The second-order valence-corrected chi connectivity index (χ2v) is 5.75. The largest absolute Gasteiger partial charge is 0.493 e. The van der Waals surface area contributed by atoms with Gasteiger partial charge in [0, 0.05) is 38.3 Å². The number of nitro benzene ring substituents is 1. The van der Waals surface area contributed by atoms with Crippen LogP contribution in [0.25, 0.3) is 0 Å². The molecule has 0 saturated carbocycles. The van der Waals surface area contributed by atoms with Gasteiger partial charge in [-0.1, -0.05) is 0 Å². The molecule has 0 radical (unpaired) electrons. The molecule has 0 amide bonds. The molecule has 24 heavy (non-hydrogen) atoms. The highest BCUT2D eigenvalue weighted by Gasteiger charge is 2.20. The molecular formula is C16H22N4O4. The van der Waals surface area contributed by atoms with Crippen molar-refractivity contribution in [2.75, 3.05) is 39.9 Å². The summed E-state index contributed by atoms with van der Waals surface area (Å²) in [6.07, 6.45) is 0.809. The van der Waals surface area contributed by atoms with Gasteiger partial charge in [0.15, 0.2) is 11.5 Å². The molecule has 8 heteroatoms. The Morgan fingerprint density at radius 2 is 2.29 bits per heavy atom. The van der Waals surface area contributed by atoms with Crippen LogP contribution in [0.4, 0.5) is 5.69 Å². The van der Waals surface area contributed by atoms with Gasteiger partial charge < -0.3 is 19.7 Å². The molecule has 2 rings (SSSR count). The third-order valence-electron chi connectivity index (χ3n) is 3.93. The van der Waals surface area contributed by atoms with Crippen LogP contribution in [-0.4, -0.2) is 55.8 Å². The number of hydrogen-bond acceptors (Lipinski definition) is 7. The Hall–Kier alpha value is -2.37. The number of ether oxygens (including phenoxy) is 2. The highest BCUT2D eigenvalue weighted by Crippen LogP contribution is 2.34. The van der Waals surface area contributed by atoms with Crippen LogP contribution in [-0.2, 0) is 0 Å². The Bertz CT molecular complexity index is 629. The maximum Gasteiger partial charge on any atom is 0.291 e. The van der Waals surface area contributed by atoms with E-state index in [0.29, 0.717) is 18.4 Å². The second kappa shape index (κ2) is 8.47. The molecule has 1 N–H and O–H groups in total. The first-order valence-corrected chi connectivity index (χ1v) is 7.90. The van der Waals surface area contributed by atoms with E-state index in [1.165, 1.54) is 19.2 Å². The van der Waals surface area contributed by atoms with E-state index < -0.39 is 4.92 Å². The van der Waals surface area contributed by atoms with Crippen LogP contribution in [0.15, 0.2) is 12.1 Å². The Kier molecular flexibility index (Phi) is 6.35. The Morgan fingerprint density at radius 3 is 2.92 bits per heavy atom. The van der Waals surface area contributed by atoms with Crippen molar-refractivity contribution in [3.8, 4) is 17.6 Å². The van der Waals surface area contributed by atoms with Crippen LogP contribution < -0.4 is 14.8 Å². The number of methoxy groups -OCH3 is 1. The van der Waals surface area contributed by atoms with E-state index in [4.69, 9.17) is 14.7 Å². The normalized spacial score (nSPS) is 18.0. The summed E-state index contributed by atoms with van der Waals surface area (Å²) in [5.74, 6) is 0.616. The van der Waals surface area contributed by atoms with Crippen molar-refractivity contribution < 1.29 is 14.4 Å². The lowest BCUT2D eigenvalue weighted by molar-refractivity contribution is -0.385. The number of hydrogen-bond donors (Lipinski definition) is 1. The molecule has 130 valence electrons. The average molecular weight is 334 g/mol. The zero-order valence-corrected chi connectivity index (χ0v) is 13.9. The number of nitro groups is 1. The molecule has 0 aliphatic carbocycles. The molecule has 8 nitrogen and oxygen atoms in total. The van der Waals surface area contributed by atoms with E-state index in [2.05, 4.69) is 17.1 Å². The van der Waals surface area contributed by atoms with Crippen LogP contribution in [0.1, 0.15) is 18.9 Å². The lowest BCUT2D eigenvalue weighted by atomic mass is 10.1. The number of rotatable bonds is 7. The van der Waals surface area contributed by atoms with Gasteiger partial charge in [-0.3, -0.25) is 10.1 Å². The summed E-state index contributed by atoms with van der Waals surface area (Å²) in [5, 5.41) is 23.4. The molecule has 1 heterocycles. The summed E-state index contributed by atoms with van der Waals surface area (Å²) >= 11 is 0. The summed E-state index contributed by atoms with van der Waals surface area (Å²) in [6, 6.07) is 4.88. The smallest absolute Gasteiger partial charge is 0.291 e. The zero-order chi connectivity index (χ0) is 17.5. The first-order chi connectivity index (χ1) is 11.5. The van der Waals surface area contributed by atoms with Crippen molar-refractivity contribution in [2.45, 2.75) is 19.4 Å². The van der Waals surface area contributed by atoms with Crippen molar-refractivity contribution in [1.29, 1.82) is 5.26 Å². The molecule has 1 aromatic carbocycles. The van der Waals surface area contributed by atoms with Gasteiger partial charge in [0.25, 0.3) is 5.69 Å². The summed E-state index contributed by atoms with van der Waals surface area (Å²) < 4.78 is 10.8. The molecule has 0 spiro atoms. The molecule has 1 aromatic rings. The molecule has 0 bridgehead atoms. The van der Waals surface area contributed by atoms with Gasteiger partial charge in [-0.2, -0.15) is 5.26 Å². The van der Waals surface area contributed by atoms with Crippen LogP contribution in [0.2, 0.25) is 0 Å². The summed E-state index contributed by atoms with van der Waals surface area (Å²) in [5.41, 5.74) is -0.316. The number of nitrogens with zero attached hydrogens (tertiary/aromatic N) is 3.